The highest BCUT2D eigenvalue weighted by molar-refractivity contribution is 9.09. The number of morpholine rings is 1. The maximum Gasteiger partial charge on any atom is 0.127 e. The van der Waals surface area contributed by atoms with Crippen molar-refractivity contribution >= 4 is 15.9 Å². The first-order valence-electron chi connectivity index (χ1n) is 6.20. The minimum absolute atomic E-state index is 0.128. The Morgan fingerprint density at radius 3 is 2.83 bits per heavy atom. The minimum atomic E-state index is -0.179. The van der Waals surface area contributed by atoms with Gasteiger partial charge in [-0.05, 0) is 19.9 Å². The van der Waals surface area contributed by atoms with Gasteiger partial charge in [0.25, 0.3) is 0 Å². The summed E-state index contributed by atoms with van der Waals surface area (Å²) in [5.41, 5.74) is 0.575. The molecule has 4 heteroatoms. The molecule has 0 N–H and O–H groups in total. The molecule has 0 spiro atoms. The number of alkyl halides is 1. The molecular weight excluding hydrogens is 297 g/mol. The second-order valence-corrected chi connectivity index (χ2v) is 6.06. The zero-order chi connectivity index (χ0) is 13.2. The molecule has 0 aliphatic carbocycles. The van der Waals surface area contributed by atoms with Crippen molar-refractivity contribution in [2.75, 3.05) is 18.4 Å². The van der Waals surface area contributed by atoms with Gasteiger partial charge in [-0.15, -0.1) is 0 Å². The molecule has 1 fully saturated rings. The largest absolute Gasteiger partial charge is 0.369 e. The van der Waals surface area contributed by atoms with Crippen LogP contribution in [0.2, 0.25) is 0 Å². The highest BCUT2D eigenvalue weighted by Gasteiger charge is 2.32. The second-order valence-electron chi connectivity index (χ2n) is 5.41. The van der Waals surface area contributed by atoms with E-state index in [1.807, 2.05) is 12.1 Å². The molecule has 1 unspecified atom stereocenters. The van der Waals surface area contributed by atoms with Gasteiger partial charge in [0.2, 0.25) is 0 Å². The Labute approximate surface area is 116 Å². The molecule has 1 aliphatic rings. The summed E-state index contributed by atoms with van der Waals surface area (Å²) in [4.78, 5) is 2.26. The third-order valence-electron chi connectivity index (χ3n) is 3.08. The summed E-state index contributed by atoms with van der Waals surface area (Å²) in [5.74, 6) is -0.128. The first-order valence-corrected chi connectivity index (χ1v) is 7.32. The van der Waals surface area contributed by atoms with Crippen LogP contribution in [0.15, 0.2) is 24.3 Å². The summed E-state index contributed by atoms with van der Waals surface area (Å²) in [6.45, 7) is 6.46. The fourth-order valence-corrected chi connectivity index (χ4v) is 2.82. The Morgan fingerprint density at radius 2 is 2.17 bits per heavy atom. The van der Waals surface area contributed by atoms with Gasteiger partial charge in [0.1, 0.15) is 5.82 Å². The van der Waals surface area contributed by atoms with Crippen molar-refractivity contribution in [1.82, 2.24) is 4.90 Å². The van der Waals surface area contributed by atoms with E-state index in [2.05, 4.69) is 34.7 Å². The van der Waals surface area contributed by atoms with Crippen LogP contribution in [0, 0.1) is 5.82 Å². The molecule has 0 bridgehead atoms. The first kappa shape index (κ1) is 14.0. The van der Waals surface area contributed by atoms with Crippen LogP contribution in [0.25, 0.3) is 0 Å². The lowest BCUT2D eigenvalue weighted by molar-refractivity contribution is -0.128. The Morgan fingerprint density at radius 1 is 1.44 bits per heavy atom. The highest BCUT2D eigenvalue weighted by atomic mass is 79.9. The smallest absolute Gasteiger partial charge is 0.127 e. The van der Waals surface area contributed by atoms with Crippen LogP contribution in [0.3, 0.4) is 0 Å². The average molecular weight is 316 g/mol. The third kappa shape index (κ3) is 3.53. The quantitative estimate of drug-likeness (QED) is 0.794. The van der Waals surface area contributed by atoms with Gasteiger partial charge < -0.3 is 4.74 Å². The lowest BCUT2D eigenvalue weighted by atomic mass is 10.0. The van der Waals surface area contributed by atoms with Crippen molar-refractivity contribution in [3.63, 3.8) is 0 Å². The molecule has 0 amide bonds. The lowest BCUT2D eigenvalue weighted by Gasteiger charge is -2.42. The number of hydrogen-bond donors (Lipinski definition) is 0. The van der Waals surface area contributed by atoms with Crippen molar-refractivity contribution in [3.8, 4) is 0 Å². The molecule has 1 aromatic rings. The molecule has 18 heavy (non-hydrogen) atoms. The minimum Gasteiger partial charge on any atom is -0.369 e. The lowest BCUT2D eigenvalue weighted by Crippen LogP contribution is -2.52. The summed E-state index contributed by atoms with van der Waals surface area (Å²) in [7, 11) is 0. The maximum atomic E-state index is 13.6. The summed E-state index contributed by atoms with van der Waals surface area (Å²) in [6.07, 6.45) is 0.167. The predicted molar refractivity (Wildman–Crippen MR) is 74.4 cm³/mol. The Kier molecular flexibility index (Phi) is 4.41. The molecule has 0 radical (unpaired) electrons. The van der Waals surface area contributed by atoms with E-state index in [1.165, 1.54) is 6.07 Å². The van der Waals surface area contributed by atoms with Crippen LogP contribution in [0.1, 0.15) is 19.4 Å². The second kappa shape index (κ2) is 5.68. The van der Waals surface area contributed by atoms with Crippen molar-refractivity contribution in [1.29, 1.82) is 0 Å². The van der Waals surface area contributed by atoms with E-state index in [0.717, 1.165) is 24.0 Å². The summed E-state index contributed by atoms with van der Waals surface area (Å²) < 4.78 is 19.6. The van der Waals surface area contributed by atoms with Crippen molar-refractivity contribution in [2.45, 2.75) is 32.1 Å². The Balaban J connectivity index is 2.07. The van der Waals surface area contributed by atoms with Gasteiger partial charge in [-0.2, -0.15) is 0 Å². The SMILES string of the molecule is CC1(C)CN(Cc2ccccc2F)CC(CBr)O1. The summed E-state index contributed by atoms with van der Waals surface area (Å²) >= 11 is 3.46. The van der Waals surface area contributed by atoms with E-state index in [-0.39, 0.29) is 17.5 Å². The summed E-state index contributed by atoms with van der Waals surface area (Å²) in [5, 5.41) is 0.810. The van der Waals surface area contributed by atoms with E-state index < -0.39 is 0 Å². The highest BCUT2D eigenvalue weighted by Crippen LogP contribution is 2.23. The van der Waals surface area contributed by atoms with Crippen molar-refractivity contribution in [3.05, 3.63) is 35.6 Å². The molecule has 1 heterocycles. The van der Waals surface area contributed by atoms with Crippen LogP contribution in [0.5, 0.6) is 0 Å². The molecular formula is C14H19BrFNO. The number of halogens is 2. The zero-order valence-electron chi connectivity index (χ0n) is 10.8. The molecule has 1 atom stereocenters. The monoisotopic (exact) mass is 315 g/mol. The number of rotatable bonds is 3. The zero-order valence-corrected chi connectivity index (χ0v) is 12.4. The number of nitrogens with zero attached hydrogens (tertiary/aromatic N) is 1. The van der Waals surface area contributed by atoms with E-state index in [1.54, 1.807) is 6.07 Å². The molecule has 0 aromatic heterocycles. The molecule has 0 saturated carbocycles. The van der Waals surface area contributed by atoms with Gasteiger partial charge in [-0.1, -0.05) is 34.1 Å². The number of hydrogen-bond acceptors (Lipinski definition) is 2. The van der Waals surface area contributed by atoms with Crippen molar-refractivity contribution in [2.24, 2.45) is 0 Å². The van der Waals surface area contributed by atoms with Gasteiger partial charge in [0, 0.05) is 30.5 Å². The molecule has 1 aromatic carbocycles. The molecule has 1 aliphatic heterocycles. The third-order valence-corrected chi connectivity index (χ3v) is 3.80. The van der Waals surface area contributed by atoms with E-state index in [0.29, 0.717) is 6.54 Å². The van der Waals surface area contributed by atoms with Gasteiger partial charge in [-0.3, -0.25) is 4.90 Å². The topological polar surface area (TPSA) is 12.5 Å². The standard InChI is InChI=1S/C14H19BrFNO/c1-14(2)10-17(9-12(7-15)18-14)8-11-5-3-4-6-13(11)16/h3-6,12H,7-10H2,1-2H3. The van der Waals surface area contributed by atoms with Crippen LogP contribution >= 0.6 is 15.9 Å². The number of ether oxygens (including phenoxy) is 1. The van der Waals surface area contributed by atoms with Gasteiger partial charge in [0.15, 0.2) is 0 Å². The van der Waals surface area contributed by atoms with Crippen LogP contribution in [0.4, 0.5) is 4.39 Å². The van der Waals surface area contributed by atoms with Gasteiger partial charge >= 0.3 is 0 Å². The predicted octanol–water partition coefficient (Wildman–Crippen LogP) is 3.20. The first-order chi connectivity index (χ1) is 8.50. The normalized spacial score (nSPS) is 24.1. The van der Waals surface area contributed by atoms with E-state index in [9.17, 15) is 4.39 Å². The van der Waals surface area contributed by atoms with Crippen LogP contribution in [-0.4, -0.2) is 35.0 Å². The molecule has 100 valence electrons. The molecule has 2 rings (SSSR count). The Bertz CT molecular complexity index is 411. The van der Waals surface area contributed by atoms with Crippen molar-refractivity contribution < 1.29 is 9.13 Å². The van der Waals surface area contributed by atoms with E-state index in [4.69, 9.17) is 4.74 Å². The van der Waals surface area contributed by atoms with E-state index >= 15 is 0 Å². The number of benzene rings is 1. The van der Waals surface area contributed by atoms with Crippen LogP contribution in [-0.2, 0) is 11.3 Å². The molecule has 2 nitrogen and oxygen atoms in total. The average Bonchev–Trinajstić information content (AvgIpc) is 2.30. The fourth-order valence-electron chi connectivity index (χ4n) is 2.49. The van der Waals surface area contributed by atoms with Gasteiger partial charge in [0.05, 0.1) is 11.7 Å². The Hall–Kier alpha value is -0.450. The maximum absolute atomic E-state index is 13.6. The van der Waals surface area contributed by atoms with Crippen LogP contribution < -0.4 is 0 Å². The fraction of sp³-hybridized carbons (Fsp3) is 0.571. The summed E-state index contributed by atoms with van der Waals surface area (Å²) in [6, 6.07) is 6.97. The van der Waals surface area contributed by atoms with Gasteiger partial charge in [-0.25, -0.2) is 4.39 Å². The molecule has 1 saturated heterocycles.